The van der Waals surface area contributed by atoms with Gasteiger partial charge in [-0.2, -0.15) is 0 Å². The first kappa shape index (κ1) is 14.7. The third kappa shape index (κ3) is 3.11. The van der Waals surface area contributed by atoms with E-state index in [4.69, 9.17) is 9.72 Å². The first-order valence-electron chi connectivity index (χ1n) is 8.63. The Morgan fingerprint density at radius 2 is 2.09 bits per heavy atom. The predicted molar refractivity (Wildman–Crippen MR) is 88.2 cm³/mol. The Bertz CT molecular complexity index is 649. The summed E-state index contributed by atoms with van der Waals surface area (Å²) in [6, 6.07) is 8.14. The van der Waals surface area contributed by atoms with E-state index < -0.39 is 0 Å². The van der Waals surface area contributed by atoms with Crippen LogP contribution in [-0.4, -0.2) is 46.6 Å². The van der Waals surface area contributed by atoms with Gasteiger partial charge < -0.3 is 14.6 Å². The Morgan fingerprint density at radius 1 is 1.26 bits per heavy atom. The van der Waals surface area contributed by atoms with Crippen molar-refractivity contribution < 1.29 is 9.53 Å². The molecule has 2 aliphatic heterocycles. The highest BCUT2D eigenvalue weighted by molar-refractivity contribution is 5.77. The first-order valence-corrected chi connectivity index (χ1v) is 8.63. The van der Waals surface area contributed by atoms with Crippen LogP contribution in [0.25, 0.3) is 11.0 Å². The number of nitrogens with zero attached hydrogens (tertiary/aromatic N) is 2. The van der Waals surface area contributed by atoms with Gasteiger partial charge in [0, 0.05) is 25.6 Å². The normalized spacial score (nSPS) is 22.8. The molecule has 1 aromatic heterocycles. The van der Waals surface area contributed by atoms with Gasteiger partial charge in [-0.15, -0.1) is 0 Å². The Balaban J connectivity index is 1.35. The van der Waals surface area contributed by atoms with E-state index in [1.54, 1.807) is 0 Å². The third-order valence-corrected chi connectivity index (χ3v) is 5.07. The maximum Gasteiger partial charge on any atom is 0.225 e. The molecule has 2 aliphatic rings. The molecule has 122 valence electrons. The van der Waals surface area contributed by atoms with Crippen LogP contribution in [0.2, 0.25) is 0 Å². The number of imidazole rings is 1. The lowest BCUT2D eigenvalue weighted by atomic mass is 9.95. The van der Waals surface area contributed by atoms with Gasteiger partial charge in [-0.05, 0) is 37.8 Å². The summed E-state index contributed by atoms with van der Waals surface area (Å²) in [4.78, 5) is 22.5. The minimum atomic E-state index is 0.149. The number of ether oxygens (including phenoxy) is 1. The average molecular weight is 313 g/mol. The number of piperidine rings is 1. The number of hydrogen-bond acceptors (Lipinski definition) is 3. The van der Waals surface area contributed by atoms with Crippen LogP contribution in [0.15, 0.2) is 24.3 Å². The molecule has 1 amide bonds. The highest BCUT2D eigenvalue weighted by atomic mass is 16.5. The molecule has 2 saturated heterocycles. The van der Waals surface area contributed by atoms with Crippen molar-refractivity contribution in [1.29, 1.82) is 0 Å². The zero-order valence-corrected chi connectivity index (χ0v) is 13.3. The summed E-state index contributed by atoms with van der Waals surface area (Å²) in [5.74, 6) is 1.74. The second-order valence-electron chi connectivity index (χ2n) is 6.63. The molecule has 5 nitrogen and oxygen atoms in total. The van der Waals surface area contributed by atoms with E-state index in [0.717, 1.165) is 62.2 Å². The van der Waals surface area contributed by atoms with Crippen LogP contribution in [0.3, 0.4) is 0 Å². The Morgan fingerprint density at radius 3 is 2.83 bits per heavy atom. The van der Waals surface area contributed by atoms with Crippen molar-refractivity contribution >= 4 is 16.9 Å². The summed E-state index contributed by atoms with van der Waals surface area (Å²) in [5.41, 5.74) is 2.12. The number of benzene rings is 1. The number of aromatic amines is 1. The molecular formula is C18H23N3O2. The molecule has 0 aliphatic carbocycles. The van der Waals surface area contributed by atoms with E-state index in [1.807, 2.05) is 23.1 Å². The first-order chi connectivity index (χ1) is 11.3. The number of H-pyrrole nitrogens is 1. The lowest BCUT2D eigenvalue weighted by Crippen LogP contribution is -2.39. The Hall–Kier alpha value is -1.88. The SMILES string of the molecule is O=C(C[C@@H]1CCCO1)N1CCC(c2nc3ccccc3[nH]2)CC1. The van der Waals surface area contributed by atoms with E-state index in [9.17, 15) is 4.79 Å². The maximum atomic E-state index is 12.4. The molecule has 2 fully saturated rings. The van der Waals surface area contributed by atoms with E-state index in [1.165, 1.54) is 0 Å². The number of aromatic nitrogens is 2. The fourth-order valence-electron chi connectivity index (χ4n) is 3.70. The van der Waals surface area contributed by atoms with Gasteiger partial charge in [0.05, 0.1) is 23.6 Å². The molecule has 1 atom stereocenters. The number of carbonyl (C=O) groups is 1. The maximum absolute atomic E-state index is 12.4. The zero-order chi connectivity index (χ0) is 15.6. The van der Waals surface area contributed by atoms with Gasteiger partial charge in [0.15, 0.2) is 0 Å². The lowest BCUT2D eigenvalue weighted by molar-refractivity contribution is -0.134. The van der Waals surface area contributed by atoms with Crippen molar-refractivity contribution in [2.24, 2.45) is 0 Å². The second-order valence-corrected chi connectivity index (χ2v) is 6.63. The molecule has 0 radical (unpaired) electrons. The highest BCUT2D eigenvalue weighted by Gasteiger charge is 2.28. The van der Waals surface area contributed by atoms with Crippen LogP contribution in [0.4, 0.5) is 0 Å². The van der Waals surface area contributed by atoms with Crippen molar-refractivity contribution in [2.45, 2.75) is 44.1 Å². The smallest absolute Gasteiger partial charge is 0.225 e. The van der Waals surface area contributed by atoms with Crippen LogP contribution in [0, 0.1) is 0 Å². The number of fused-ring (bicyclic) bond motifs is 1. The van der Waals surface area contributed by atoms with Crippen LogP contribution in [-0.2, 0) is 9.53 Å². The topological polar surface area (TPSA) is 58.2 Å². The van der Waals surface area contributed by atoms with Gasteiger partial charge in [0.2, 0.25) is 5.91 Å². The molecule has 4 rings (SSSR count). The van der Waals surface area contributed by atoms with Crippen molar-refractivity contribution in [2.75, 3.05) is 19.7 Å². The third-order valence-electron chi connectivity index (χ3n) is 5.07. The van der Waals surface area contributed by atoms with Crippen molar-refractivity contribution in [1.82, 2.24) is 14.9 Å². The fraction of sp³-hybridized carbons (Fsp3) is 0.556. The molecule has 0 bridgehead atoms. The lowest BCUT2D eigenvalue weighted by Gasteiger charge is -2.31. The van der Waals surface area contributed by atoms with Crippen molar-refractivity contribution in [3.63, 3.8) is 0 Å². The summed E-state index contributed by atoms with van der Waals surface area (Å²) in [7, 11) is 0. The van der Waals surface area contributed by atoms with Crippen LogP contribution < -0.4 is 0 Å². The number of para-hydroxylation sites is 2. The highest BCUT2D eigenvalue weighted by Crippen LogP contribution is 2.28. The van der Waals surface area contributed by atoms with Gasteiger partial charge in [-0.1, -0.05) is 12.1 Å². The number of nitrogens with one attached hydrogen (secondary N) is 1. The number of amides is 1. The standard InChI is InChI=1S/C18H23N3O2/c22-17(12-14-4-3-11-23-14)21-9-7-13(8-10-21)18-19-15-5-1-2-6-16(15)20-18/h1-2,5-6,13-14H,3-4,7-12H2,(H,19,20)/t14-/m0/s1. The summed E-state index contributed by atoms with van der Waals surface area (Å²) in [6.45, 7) is 2.46. The van der Waals surface area contributed by atoms with Gasteiger partial charge in [0.25, 0.3) is 0 Å². The zero-order valence-electron chi connectivity index (χ0n) is 13.3. The summed E-state index contributed by atoms with van der Waals surface area (Å²) >= 11 is 0. The largest absolute Gasteiger partial charge is 0.378 e. The number of rotatable bonds is 3. The van der Waals surface area contributed by atoms with Crippen LogP contribution in [0.1, 0.15) is 43.8 Å². The van der Waals surface area contributed by atoms with Crippen LogP contribution in [0.5, 0.6) is 0 Å². The quantitative estimate of drug-likeness (QED) is 0.948. The molecular weight excluding hydrogens is 290 g/mol. The molecule has 23 heavy (non-hydrogen) atoms. The number of carbonyl (C=O) groups excluding carboxylic acids is 1. The monoisotopic (exact) mass is 313 g/mol. The van der Waals surface area contributed by atoms with Crippen molar-refractivity contribution in [3.8, 4) is 0 Å². The Kier molecular flexibility index (Phi) is 4.04. The minimum Gasteiger partial charge on any atom is -0.378 e. The van der Waals surface area contributed by atoms with E-state index in [0.29, 0.717) is 12.3 Å². The van der Waals surface area contributed by atoms with Gasteiger partial charge in [-0.25, -0.2) is 4.98 Å². The van der Waals surface area contributed by atoms with Gasteiger partial charge in [0.1, 0.15) is 5.82 Å². The molecule has 0 unspecified atom stereocenters. The number of likely N-dealkylation sites (tertiary alicyclic amines) is 1. The molecule has 0 saturated carbocycles. The second kappa shape index (κ2) is 6.32. The average Bonchev–Trinajstić information content (AvgIpc) is 3.24. The molecule has 1 aromatic carbocycles. The fourth-order valence-corrected chi connectivity index (χ4v) is 3.70. The number of hydrogen-bond donors (Lipinski definition) is 1. The molecule has 0 spiro atoms. The summed E-state index contributed by atoms with van der Waals surface area (Å²) < 4.78 is 5.58. The Labute approximate surface area is 136 Å². The minimum absolute atomic E-state index is 0.149. The molecule has 2 aromatic rings. The summed E-state index contributed by atoms with van der Waals surface area (Å²) in [6.07, 6.45) is 4.78. The van der Waals surface area contributed by atoms with E-state index in [2.05, 4.69) is 11.1 Å². The molecule has 1 N–H and O–H groups in total. The summed E-state index contributed by atoms with van der Waals surface area (Å²) in [5, 5.41) is 0. The predicted octanol–water partition coefficient (Wildman–Crippen LogP) is 2.84. The van der Waals surface area contributed by atoms with Crippen LogP contribution >= 0.6 is 0 Å². The van der Waals surface area contributed by atoms with Gasteiger partial charge in [-0.3, -0.25) is 4.79 Å². The van der Waals surface area contributed by atoms with Gasteiger partial charge >= 0.3 is 0 Å². The van der Waals surface area contributed by atoms with Crippen molar-refractivity contribution in [3.05, 3.63) is 30.1 Å². The van der Waals surface area contributed by atoms with E-state index in [-0.39, 0.29) is 12.0 Å². The molecule has 3 heterocycles. The van der Waals surface area contributed by atoms with E-state index >= 15 is 0 Å². The molecule has 5 heteroatoms.